The SMILES string of the molecule is CCCC1CNCCN1S(=O)(=O)C1CCS(=O)(=O)CC1.Cl. The molecule has 0 aromatic carbocycles. The van der Waals surface area contributed by atoms with Gasteiger partial charge in [0.25, 0.3) is 0 Å². The Hall–Kier alpha value is 0.110. The summed E-state index contributed by atoms with van der Waals surface area (Å²) in [6, 6.07) is 0.0114. The minimum absolute atomic E-state index is 0. The van der Waals surface area contributed by atoms with Gasteiger partial charge in [-0.1, -0.05) is 13.3 Å². The van der Waals surface area contributed by atoms with Gasteiger partial charge in [0.1, 0.15) is 9.84 Å². The van der Waals surface area contributed by atoms with E-state index in [0.717, 1.165) is 12.8 Å². The summed E-state index contributed by atoms with van der Waals surface area (Å²) in [6.45, 7) is 3.91. The van der Waals surface area contributed by atoms with Crippen LogP contribution in [0.25, 0.3) is 0 Å². The second kappa shape index (κ2) is 7.59. The van der Waals surface area contributed by atoms with Crippen LogP contribution in [0.5, 0.6) is 0 Å². The molecule has 0 bridgehead atoms. The summed E-state index contributed by atoms with van der Waals surface area (Å²) in [5.41, 5.74) is 0. The number of hydrogen-bond acceptors (Lipinski definition) is 5. The lowest BCUT2D eigenvalue weighted by Crippen LogP contribution is -2.56. The molecule has 1 N–H and O–H groups in total. The molecule has 0 aliphatic carbocycles. The first-order valence-electron chi connectivity index (χ1n) is 7.28. The van der Waals surface area contributed by atoms with Crippen LogP contribution in [0.1, 0.15) is 32.6 Å². The first-order chi connectivity index (χ1) is 9.37. The van der Waals surface area contributed by atoms with Crippen LogP contribution >= 0.6 is 12.4 Å². The Morgan fingerprint density at radius 1 is 1.24 bits per heavy atom. The predicted octanol–water partition coefficient (Wildman–Crippen LogP) is 0.389. The Bertz CT molecular complexity index is 519. The number of sulfonamides is 1. The van der Waals surface area contributed by atoms with Crippen LogP contribution in [0.15, 0.2) is 0 Å². The summed E-state index contributed by atoms with van der Waals surface area (Å²) in [7, 11) is -6.40. The number of sulfone groups is 1. The van der Waals surface area contributed by atoms with E-state index in [0.29, 0.717) is 19.6 Å². The molecule has 0 spiro atoms. The van der Waals surface area contributed by atoms with E-state index in [4.69, 9.17) is 0 Å². The Balaban J connectivity index is 0.00000220. The lowest BCUT2D eigenvalue weighted by Gasteiger charge is -2.38. The molecule has 0 saturated carbocycles. The third-order valence-electron chi connectivity index (χ3n) is 4.17. The molecule has 0 amide bonds. The van der Waals surface area contributed by atoms with Crippen molar-refractivity contribution in [2.24, 2.45) is 0 Å². The minimum Gasteiger partial charge on any atom is -0.314 e. The van der Waals surface area contributed by atoms with E-state index in [9.17, 15) is 16.8 Å². The molecule has 0 aromatic heterocycles. The van der Waals surface area contributed by atoms with Crippen LogP contribution in [-0.4, -0.2) is 63.6 Å². The summed E-state index contributed by atoms with van der Waals surface area (Å²) < 4.78 is 50.0. The van der Waals surface area contributed by atoms with E-state index >= 15 is 0 Å². The quantitative estimate of drug-likeness (QED) is 0.784. The number of hydrogen-bond donors (Lipinski definition) is 1. The smallest absolute Gasteiger partial charge is 0.217 e. The second-order valence-electron chi connectivity index (χ2n) is 5.65. The summed E-state index contributed by atoms with van der Waals surface area (Å²) >= 11 is 0. The van der Waals surface area contributed by atoms with Crippen LogP contribution in [0.4, 0.5) is 0 Å². The van der Waals surface area contributed by atoms with Crippen LogP contribution in [0, 0.1) is 0 Å². The van der Waals surface area contributed by atoms with E-state index in [1.54, 1.807) is 4.31 Å². The molecular weight excluding hydrogens is 336 g/mol. The van der Waals surface area contributed by atoms with Gasteiger partial charge in [0, 0.05) is 25.7 Å². The zero-order chi connectivity index (χ0) is 14.8. The van der Waals surface area contributed by atoms with Crippen LogP contribution in [-0.2, 0) is 19.9 Å². The molecule has 9 heteroatoms. The highest BCUT2D eigenvalue weighted by atomic mass is 35.5. The lowest BCUT2D eigenvalue weighted by molar-refractivity contribution is 0.251. The molecule has 2 fully saturated rings. The molecule has 2 rings (SSSR count). The van der Waals surface area contributed by atoms with Crippen molar-refractivity contribution in [3.8, 4) is 0 Å². The number of nitrogens with zero attached hydrogens (tertiary/aromatic N) is 1. The summed E-state index contributed by atoms with van der Waals surface area (Å²) in [5, 5.41) is 2.71. The Morgan fingerprint density at radius 2 is 1.86 bits per heavy atom. The van der Waals surface area contributed by atoms with Crippen molar-refractivity contribution in [1.82, 2.24) is 9.62 Å². The van der Waals surface area contributed by atoms with Gasteiger partial charge < -0.3 is 5.32 Å². The first-order valence-corrected chi connectivity index (χ1v) is 10.6. The molecule has 2 saturated heterocycles. The van der Waals surface area contributed by atoms with Crippen molar-refractivity contribution >= 4 is 32.3 Å². The van der Waals surface area contributed by atoms with Crippen LogP contribution in [0.2, 0.25) is 0 Å². The molecule has 6 nitrogen and oxygen atoms in total. The third kappa shape index (κ3) is 4.54. The Labute approximate surface area is 134 Å². The molecule has 0 aromatic rings. The zero-order valence-electron chi connectivity index (χ0n) is 12.3. The van der Waals surface area contributed by atoms with E-state index in [1.165, 1.54) is 0 Å². The van der Waals surface area contributed by atoms with Crippen LogP contribution < -0.4 is 5.32 Å². The second-order valence-corrected chi connectivity index (χ2v) is 10.1. The number of nitrogens with one attached hydrogen (secondary N) is 1. The summed E-state index contributed by atoms with van der Waals surface area (Å²) in [6.07, 6.45) is 2.27. The average molecular weight is 361 g/mol. The molecule has 2 aliphatic heterocycles. The predicted molar refractivity (Wildman–Crippen MR) is 86.1 cm³/mol. The van der Waals surface area contributed by atoms with E-state index in [1.807, 2.05) is 6.92 Å². The van der Waals surface area contributed by atoms with Crippen LogP contribution in [0.3, 0.4) is 0 Å². The monoisotopic (exact) mass is 360 g/mol. The normalized spacial score (nSPS) is 28.0. The van der Waals surface area contributed by atoms with Gasteiger partial charge in [0.15, 0.2) is 0 Å². The Morgan fingerprint density at radius 3 is 2.43 bits per heavy atom. The zero-order valence-corrected chi connectivity index (χ0v) is 14.8. The van der Waals surface area contributed by atoms with E-state index < -0.39 is 25.1 Å². The van der Waals surface area contributed by atoms with Crippen molar-refractivity contribution in [2.45, 2.75) is 43.9 Å². The van der Waals surface area contributed by atoms with Gasteiger partial charge in [-0.2, -0.15) is 4.31 Å². The fraction of sp³-hybridized carbons (Fsp3) is 1.00. The highest BCUT2D eigenvalue weighted by Crippen LogP contribution is 2.25. The lowest BCUT2D eigenvalue weighted by atomic mass is 10.1. The van der Waals surface area contributed by atoms with Crippen molar-refractivity contribution in [2.75, 3.05) is 31.1 Å². The van der Waals surface area contributed by atoms with Crippen molar-refractivity contribution in [3.05, 3.63) is 0 Å². The van der Waals surface area contributed by atoms with Gasteiger partial charge in [0.05, 0.1) is 16.8 Å². The van der Waals surface area contributed by atoms with Gasteiger partial charge in [-0.15, -0.1) is 12.4 Å². The van der Waals surface area contributed by atoms with Gasteiger partial charge in [0.2, 0.25) is 10.0 Å². The van der Waals surface area contributed by atoms with Gasteiger partial charge in [-0.25, -0.2) is 16.8 Å². The fourth-order valence-corrected chi connectivity index (χ4v) is 6.96. The molecule has 2 heterocycles. The molecule has 1 atom stereocenters. The topological polar surface area (TPSA) is 83.6 Å². The molecular formula is C12H25ClN2O4S2. The van der Waals surface area contributed by atoms with Gasteiger partial charge in [-0.05, 0) is 19.3 Å². The highest BCUT2D eigenvalue weighted by molar-refractivity contribution is 7.92. The minimum atomic E-state index is -3.38. The highest BCUT2D eigenvalue weighted by Gasteiger charge is 2.40. The summed E-state index contributed by atoms with van der Waals surface area (Å²) in [4.78, 5) is 0. The maximum absolute atomic E-state index is 12.7. The van der Waals surface area contributed by atoms with E-state index in [-0.39, 0.29) is 42.8 Å². The fourth-order valence-electron chi connectivity index (χ4n) is 3.01. The molecule has 0 radical (unpaired) electrons. The maximum Gasteiger partial charge on any atom is 0.217 e. The largest absolute Gasteiger partial charge is 0.314 e. The van der Waals surface area contributed by atoms with Gasteiger partial charge >= 0.3 is 0 Å². The number of piperazine rings is 1. The van der Waals surface area contributed by atoms with Gasteiger partial charge in [-0.3, -0.25) is 0 Å². The third-order valence-corrected chi connectivity index (χ3v) is 8.33. The van der Waals surface area contributed by atoms with Crippen molar-refractivity contribution in [3.63, 3.8) is 0 Å². The standard InChI is InChI=1S/C12H24N2O4S2.ClH/c1-2-3-11-10-13-6-7-14(11)20(17,18)12-4-8-19(15,16)9-5-12;/h11-13H,2-10H2,1H3;1H. The van der Waals surface area contributed by atoms with Crippen molar-refractivity contribution in [1.29, 1.82) is 0 Å². The maximum atomic E-state index is 12.7. The van der Waals surface area contributed by atoms with E-state index in [2.05, 4.69) is 5.32 Å². The number of halogens is 1. The molecule has 126 valence electrons. The summed E-state index contributed by atoms with van der Waals surface area (Å²) in [5.74, 6) is 0.00284. The van der Waals surface area contributed by atoms with Crippen molar-refractivity contribution < 1.29 is 16.8 Å². The molecule has 21 heavy (non-hydrogen) atoms. The number of rotatable bonds is 4. The first kappa shape index (κ1) is 19.2. The molecule has 2 aliphatic rings. The average Bonchev–Trinajstić information content (AvgIpc) is 2.39. The Kier molecular flexibility index (Phi) is 6.92. The molecule has 1 unspecified atom stereocenters.